The van der Waals surface area contributed by atoms with Crippen molar-refractivity contribution in [3.05, 3.63) is 42.0 Å². The molecule has 24 heavy (non-hydrogen) atoms. The van der Waals surface area contributed by atoms with Crippen LogP contribution in [0.15, 0.2) is 36.4 Å². The monoisotopic (exact) mass is 327 g/mol. The van der Waals surface area contributed by atoms with E-state index in [-0.39, 0.29) is 18.0 Å². The summed E-state index contributed by atoms with van der Waals surface area (Å²) in [4.78, 5) is 27.1. The number of carbonyl (C=O) groups excluding carboxylic acids is 2. The first kappa shape index (κ1) is 15.4. The Bertz CT molecular complexity index is 711. The molecule has 0 unspecified atom stereocenters. The molecule has 3 aliphatic rings. The second-order valence-electron chi connectivity index (χ2n) is 6.60. The van der Waals surface area contributed by atoms with E-state index >= 15 is 0 Å². The predicted octanol–water partition coefficient (Wildman–Crippen LogP) is 2.10. The highest BCUT2D eigenvalue weighted by molar-refractivity contribution is 6.02. The first-order valence-corrected chi connectivity index (χ1v) is 8.54. The second kappa shape index (κ2) is 5.45. The van der Waals surface area contributed by atoms with Gasteiger partial charge in [0, 0.05) is 5.69 Å². The molecule has 126 valence electrons. The molecule has 5 nitrogen and oxygen atoms in total. The Balaban J connectivity index is 1.65. The van der Waals surface area contributed by atoms with Crippen molar-refractivity contribution >= 4 is 17.6 Å². The number of esters is 1. The molecule has 1 aromatic carbocycles. The molecule has 4 atom stereocenters. The Morgan fingerprint density at radius 1 is 1.33 bits per heavy atom. The van der Waals surface area contributed by atoms with E-state index in [1.54, 1.807) is 11.8 Å². The highest BCUT2D eigenvalue weighted by atomic mass is 16.6. The van der Waals surface area contributed by atoms with Gasteiger partial charge < -0.3 is 14.4 Å². The predicted molar refractivity (Wildman–Crippen MR) is 88.5 cm³/mol. The second-order valence-corrected chi connectivity index (χ2v) is 6.60. The van der Waals surface area contributed by atoms with Crippen molar-refractivity contribution in [1.82, 2.24) is 0 Å². The van der Waals surface area contributed by atoms with E-state index in [1.165, 1.54) is 5.56 Å². The van der Waals surface area contributed by atoms with Gasteiger partial charge in [0.1, 0.15) is 11.5 Å². The number of hydrogen-bond donors (Lipinski definition) is 0. The molecule has 2 saturated heterocycles. The molecule has 0 N–H and O–H groups in total. The van der Waals surface area contributed by atoms with Gasteiger partial charge in [-0.25, -0.2) is 0 Å². The average molecular weight is 327 g/mol. The number of carbonyl (C=O) groups is 2. The molecular weight excluding hydrogens is 306 g/mol. The van der Waals surface area contributed by atoms with Crippen molar-refractivity contribution in [3.63, 3.8) is 0 Å². The molecule has 0 radical (unpaired) electrons. The van der Waals surface area contributed by atoms with Gasteiger partial charge in [-0.2, -0.15) is 0 Å². The van der Waals surface area contributed by atoms with Crippen LogP contribution in [0.1, 0.15) is 19.4 Å². The molecule has 4 rings (SSSR count). The minimum atomic E-state index is -0.692. The number of benzene rings is 1. The minimum absolute atomic E-state index is 0.0517. The molecule has 1 amide bonds. The van der Waals surface area contributed by atoms with Gasteiger partial charge in [-0.1, -0.05) is 31.2 Å². The number of fused-ring (bicyclic) bond motifs is 1. The molecule has 0 aromatic heterocycles. The van der Waals surface area contributed by atoms with E-state index in [0.717, 1.165) is 12.1 Å². The fourth-order valence-electron chi connectivity index (χ4n) is 4.14. The van der Waals surface area contributed by atoms with Crippen LogP contribution in [0.4, 0.5) is 5.69 Å². The third-order valence-electron chi connectivity index (χ3n) is 5.32. The van der Waals surface area contributed by atoms with Gasteiger partial charge in [-0.3, -0.25) is 9.59 Å². The van der Waals surface area contributed by atoms with Crippen molar-refractivity contribution in [2.24, 2.45) is 11.8 Å². The van der Waals surface area contributed by atoms with Crippen molar-refractivity contribution in [1.29, 1.82) is 0 Å². The molecule has 1 aromatic rings. The number of nitrogens with zero attached hydrogens (tertiary/aromatic N) is 1. The van der Waals surface area contributed by atoms with Gasteiger partial charge in [0.25, 0.3) is 0 Å². The lowest BCUT2D eigenvalue weighted by Crippen LogP contribution is -2.40. The Labute approximate surface area is 141 Å². The Morgan fingerprint density at radius 2 is 2.08 bits per heavy atom. The maximum atomic E-state index is 13.0. The molecule has 2 fully saturated rings. The van der Waals surface area contributed by atoms with Gasteiger partial charge in [0.2, 0.25) is 5.91 Å². The van der Waals surface area contributed by atoms with Crippen LogP contribution in [0.25, 0.3) is 0 Å². The maximum Gasteiger partial charge on any atom is 0.312 e. The summed E-state index contributed by atoms with van der Waals surface area (Å²) in [6.45, 7) is 4.63. The highest BCUT2D eigenvalue weighted by Crippen LogP contribution is 2.52. The first-order valence-electron chi connectivity index (χ1n) is 8.54. The summed E-state index contributed by atoms with van der Waals surface area (Å²) < 4.78 is 11.2. The number of aryl methyl sites for hydroxylation is 1. The quantitative estimate of drug-likeness (QED) is 0.628. The van der Waals surface area contributed by atoms with Crippen LogP contribution in [0.5, 0.6) is 0 Å². The summed E-state index contributed by atoms with van der Waals surface area (Å²) in [5.41, 5.74) is 1.39. The van der Waals surface area contributed by atoms with E-state index < -0.39 is 17.4 Å². The summed E-state index contributed by atoms with van der Waals surface area (Å²) >= 11 is 0. The fraction of sp³-hybridized carbons (Fsp3) is 0.474. The summed E-state index contributed by atoms with van der Waals surface area (Å²) in [6.07, 6.45) is 4.47. The van der Waals surface area contributed by atoms with Crippen LogP contribution in [0.3, 0.4) is 0 Å². The number of hydrogen-bond acceptors (Lipinski definition) is 4. The molecule has 2 bridgehead atoms. The van der Waals surface area contributed by atoms with Gasteiger partial charge >= 0.3 is 5.97 Å². The summed E-state index contributed by atoms with van der Waals surface area (Å²) in [7, 11) is 0. The van der Waals surface area contributed by atoms with Crippen molar-refractivity contribution in [2.45, 2.75) is 32.0 Å². The van der Waals surface area contributed by atoms with E-state index in [2.05, 4.69) is 6.92 Å². The first-order chi connectivity index (χ1) is 11.6. The molecule has 0 saturated carbocycles. The lowest BCUT2D eigenvalue weighted by molar-refractivity contribution is -0.151. The Kier molecular flexibility index (Phi) is 3.49. The van der Waals surface area contributed by atoms with Gasteiger partial charge in [0.05, 0.1) is 25.2 Å². The van der Waals surface area contributed by atoms with E-state index in [0.29, 0.717) is 13.2 Å². The zero-order valence-electron chi connectivity index (χ0n) is 13.9. The van der Waals surface area contributed by atoms with Crippen molar-refractivity contribution < 1.29 is 19.1 Å². The lowest BCUT2D eigenvalue weighted by Gasteiger charge is -2.22. The summed E-state index contributed by atoms with van der Waals surface area (Å²) in [5, 5.41) is 0. The number of anilines is 1. The van der Waals surface area contributed by atoms with E-state index in [1.807, 2.05) is 36.4 Å². The SMILES string of the molecule is CCOC(=O)[C@@H]1[C@@H]2C=C[C@@]3(CN(c4ccc(CC)cc4)C(=O)[C@@H]13)O2. The average Bonchev–Trinajstić information content (AvgIpc) is 3.23. The smallest absolute Gasteiger partial charge is 0.312 e. The molecule has 5 heteroatoms. The third-order valence-corrected chi connectivity index (χ3v) is 5.32. The van der Waals surface area contributed by atoms with Crippen LogP contribution in [0, 0.1) is 11.8 Å². The van der Waals surface area contributed by atoms with Gasteiger partial charge in [0.15, 0.2) is 0 Å². The topological polar surface area (TPSA) is 55.8 Å². The maximum absolute atomic E-state index is 13.0. The van der Waals surface area contributed by atoms with E-state index in [9.17, 15) is 9.59 Å². The van der Waals surface area contributed by atoms with Crippen LogP contribution < -0.4 is 4.90 Å². The van der Waals surface area contributed by atoms with Gasteiger partial charge in [-0.05, 0) is 31.0 Å². The fourth-order valence-corrected chi connectivity index (χ4v) is 4.14. The summed E-state index contributed by atoms with van der Waals surface area (Å²) in [6, 6.07) is 7.99. The van der Waals surface area contributed by atoms with E-state index in [4.69, 9.17) is 9.47 Å². The molecule has 1 spiro atoms. The Hall–Kier alpha value is -2.14. The number of ether oxygens (including phenoxy) is 2. The molecule has 0 aliphatic carbocycles. The normalized spacial score (nSPS) is 33.2. The van der Waals surface area contributed by atoms with Crippen molar-refractivity contribution in [3.8, 4) is 0 Å². The zero-order chi connectivity index (χ0) is 16.9. The summed E-state index contributed by atoms with van der Waals surface area (Å²) in [5.74, 6) is -1.42. The van der Waals surface area contributed by atoms with Crippen LogP contribution in [0.2, 0.25) is 0 Å². The zero-order valence-corrected chi connectivity index (χ0v) is 13.9. The van der Waals surface area contributed by atoms with Crippen LogP contribution in [-0.4, -0.2) is 36.7 Å². The van der Waals surface area contributed by atoms with Crippen LogP contribution >= 0.6 is 0 Å². The molecule has 3 heterocycles. The van der Waals surface area contributed by atoms with Crippen LogP contribution in [-0.2, 0) is 25.5 Å². The minimum Gasteiger partial charge on any atom is -0.466 e. The number of amides is 1. The Morgan fingerprint density at radius 3 is 2.75 bits per heavy atom. The molecular formula is C19H21NO4. The standard InChI is InChI=1S/C19H21NO4/c1-3-12-5-7-13(8-6-12)20-11-19-10-9-14(24-19)15(16(19)17(20)21)18(22)23-4-2/h5-10,14-16H,3-4,11H2,1-2H3/t14-,15+,16+,19-/m0/s1. The molecule has 3 aliphatic heterocycles. The number of rotatable bonds is 4. The van der Waals surface area contributed by atoms with Crippen molar-refractivity contribution in [2.75, 3.05) is 18.1 Å². The largest absolute Gasteiger partial charge is 0.466 e. The third kappa shape index (κ3) is 2.04. The van der Waals surface area contributed by atoms with Gasteiger partial charge in [-0.15, -0.1) is 0 Å². The highest BCUT2D eigenvalue weighted by Gasteiger charge is 2.67. The lowest BCUT2D eigenvalue weighted by atomic mass is 9.77.